The van der Waals surface area contributed by atoms with Crippen LogP contribution in [0.5, 0.6) is 0 Å². The van der Waals surface area contributed by atoms with Gasteiger partial charge in [0.1, 0.15) is 11.6 Å². The van der Waals surface area contributed by atoms with E-state index in [1.807, 2.05) is 0 Å². The third-order valence-electron chi connectivity index (χ3n) is 5.13. The predicted octanol–water partition coefficient (Wildman–Crippen LogP) is 4.91. The summed E-state index contributed by atoms with van der Waals surface area (Å²) in [5, 5.41) is 20.3. The van der Waals surface area contributed by atoms with Gasteiger partial charge in [-0.2, -0.15) is 0 Å². The zero-order chi connectivity index (χ0) is 23.0. The number of hydrogen-bond donors (Lipinski definition) is 2. The van der Waals surface area contributed by atoms with Crippen LogP contribution in [0.2, 0.25) is 0 Å². The maximum absolute atomic E-state index is 14.8. The van der Waals surface area contributed by atoms with Crippen LogP contribution in [0.3, 0.4) is 0 Å². The standard InChI is InChI=1S/C24H15BrFNO5/c25-15-10-8-13(9-11-15)21(28)19-20(17-6-1-2-7-18(17)26)27(23(30)22(19)29)16-5-3-4-14(12-16)24(31)32/h1-12,20,28H,(H,31,32)/b21-19+. The Morgan fingerprint density at radius 2 is 1.59 bits per heavy atom. The molecule has 0 bridgehead atoms. The number of rotatable bonds is 4. The number of carboxylic acids is 1. The summed E-state index contributed by atoms with van der Waals surface area (Å²) in [4.78, 5) is 38.5. The van der Waals surface area contributed by atoms with Gasteiger partial charge in [-0.05, 0) is 36.4 Å². The molecule has 6 nitrogen and oxygen atoms in total. The van der Waals surface area contributed by atoms with Gasteiger partial charge in [0.2, 0.25) is 0 Å². The number of carbonyl (C=O) groups excluding carboxylic acids is 2. The fraction of sp³-hybridized carbons (Fsp3) is 0.0417. The maximum atomic E-state index is 14.8. The Balaban J connectivity index is 1.97. The second-order valence-electron chi connectivity index (χ2n) is 7.05. The van der Waals surface area contributed by atoms with Crippen LogP contribution in [0.4, 0.5) is 10.1 Å². The van der Waals surface area contributed by atoms with Crippen LogP contribution in [0, 0.1) is 5.82 Å². The molecule has 32 heavy (non-hydrogen) atoms. The molecule has 1 amide bonds. The third kappa shape index (κ3) is 3.69. The molecular formula is C24H15BrFNO5. The lowest BCUT2D eigenvalue weighted by atomic mass is 9.94. The van der Waals surface area contributed by atoms with Crippen LogP contribution in [-0.2, 0) is 9.59 Å². The number of aliphatic hydroxyl groups excluding tert-OH is 1. The van der Waals surface area contributed by atoms with Gasteiger partial charge in [0.25, 0.3) is 11.7 Å². The highest BCUT2D eigenvalue weighted by molar-refractivity contribution is 9.10. The first-order valence-corrected chi connectivity index (χ1v) is 10.2. The number of hydrogen-bond acceptors (Lipinski definition) is 4. The molecule has 2 N–H and O–H groups in total. The van der Waals surface area contributed by atoms with Gasteiger partial charge in [-0.25, -0.2) is 9.18 Å². The number of benzene rings is 3. The molecule has 1 unspecified atom stereocenters. The molecule has 0 radical (unpaired) electrons. The van der Waals surface area contributed by atoms with Gasteiger partial charge < -0.3 is 10.2 Å². The number of Topliss-reactive ketones (excluding diaryl/α,β-unsaturated/α-hetero) is 1. The van der Waals surface area contributed by atoms with E-state index in [0.717, 1.165) is 9.37 Å². The normalized spacial score (nSPS) is 17.6. The zero-order valence-electron chi connectivity index (χ0n) is 16.3. The third-order valence-corrected chi connectivity index (χ3v) is 5.66. The monoisotopic (exact) mass is 495 g/mol. The summed E-state index contributed by atoms with van der Waals surface area (Å²) in [5.41, 5.74) is -0.0410. The number of halogens is 2. The number of ketones is 1. The van der Waals surface area contributed by atoms with E-state index in [-0.39, 0.29) is 28.0 Å². The van der Waals surface area contributed by atoms with Crippen LogP contribution >= 0.6 is 15.9 Å². The molecular weight excluding hydrogens is 481 g/mol. The zero-order valence-corrected chi connectivity index (χ0v) is 17.9. The average molecular weight is 496 g/mol. The van der Waals surface area contributed by atoms with E-state index in [1.54, 1.807) is 30.3 Å². The second kappa shape index (κ2) is 8.39. The lowest BCUT2D eigenvalue weighted by Crippen LogP contribution is -2.30. The highest BCUT2D eigenvalue weighted by Gasteiger charge is 2.47. The van der Waals surface area contributed by atoms with Crippen molar-refractivity contribution in [1.82, 2.24) is 0 Å². The summed E-state index contributed by atoms with van der Waals surface area (Å²) < 4.78 is 15.6. The Kier molecular flexibility index (Phi) is 5.63. The van der Waals surface area contributed by atoms with Crippen molar-refractivity contribution < 1.29 is 29.0 Å². The molecule has 0 aliphatic carbocycles. The molecule has 4 rings (SSSR count). The van der Waals surface area contributed by atoms with Gasteiger partial charge in [0.15, 0.2) is 0 Å². The molecule has 0 spiro atoms. The van der Waals surface area contributed by atoms with Gasteiger partial charge in [0.05, 0.1) is 17.2 Å². The van der Waals surface area contributed by atoms with Crippen LogP contribution in [0.15, 0.2) is 82.8 Å². The molecule has 1 aliphatic heterocycles. The molecule has 0 aromatic heterocycles. The van der Waals surface area contributed by atoms with Crippen LogP contribution < -0.4 is 4.90 Å². The van der Waals surface area contributed by atoms with Crippen LogP contribution in [0.25, 0.3) is 5.76 Å². The Morgan fingerprint density at radius 1 is 0.906 bits per heavy atom. The number of aromatic carboxylic acids is 1. The first kappa shape index (κ1) is 21.5. The minimum absolute atomic E-state index is 0.00825. The minimum atomic E-state index is -1.29. The SMILES string of the molecule is O=C1C(=O)N(c2cccc(C(=O)O)c2)C(c2ccccc2F)/C1=C(\O)c1ccc(Br)cc1. The summed E-state index contributed by atoms with van der Waals surface area (Å²) >= 11 is 3.29. The van der Waals surface area contributed by atoms with Gasteiger partial charge >= 0.3 is 5.97 Å². The van der Waals surface area contributed by atoms with E-state index in [0.29, 0.717) is 0 Å². The quantitative estimate of drug-likeness (QED) is 0.304. The predicted molar refractivity (Wildman–Crippen MR) is 119 cm³/mol. The fourth-order valence-corrected chi connectivity index (χ4v) is 3.91. The second-order valence-corrected chi connectivity index (χ2v) is 7.97. The number of anilines is 1. The molecule has 3 aromatic carbocycles. The molecule has 0 saturated carbocycles. The minimum Gasteiger partial charge on any atom is -0.507 e. The first-order valence-electron chi connectivity index (χ1n) is 9.44. The number of carbonyl (C=O) groups is 3. The number of aliphatic hydroxyl groups is 1. The smallest absolute Gasteiger partial charge is 0.335 e. The number of carboxylic acid groups (broad SMARTS) is 1. The Labute approximate surface area is 190 Å². The van der Waals surface area contributed by atoms with Gasteiger partial charge in [-0.1, -0.05) is 52.3 Å². The van der Waals surface area contributed by atoms with Crippen molar-refractivity contribution in [2.75, 3.05) is 4.90 Å². The van der Waals surface area contributed by atoms with Crippen molar-refractivity contribution in [2.24, 2.45) is 0 Å². The van der Waals surface area contributed by atoms with E-state index in [9.17, 15) is 29.0 Å². The Hall–Kier alpha value is -3.78. The lowest BCUT2D eigenvalue weighted by molar-refractivity contribution is -0.132. The molecule has 1 atom stereocenters. The van der Waals surface area contributed by atoms with Crippen molar-refractivity contribution in [3.8, 4) is 0 Å². The topological polar surface area (TPSA) is 94.9 Å². The molecule has 160 valence electrons. The van der Waals surface area contributed by atoms with E-state index in [2.05, 4.69) is 15.9 Å². The summed E-state index contributed by atoms with van der Waals surface area (Å²) in [6.45, 7) is 0. The molecule has 1 aliphatic rings. The van der Waals surface area contributed by atoms with Crippen molar-refractivity contribution in [3.63, 3.8) is 0 Å². The van der Waals surface area contributed by atoms with E-state index in [4.69, 9.17) is 0 Å². The van der Waals surface area contributed by atoms with E-state index < -0.39 is 35.3 Å². The summed E-state index contributed by atoms with van der Waals surface area (Å²) in [7, 11) is 0. The highest BCUT2D eigenvalue weighted by Crippen LogP contribution is 2.43. The van der Waals surface area contributed by atoms with Crippen molar-refractivity contribution in [3.05, 3.63) is 105 Å². The first-order chi connectivity index (χ1) is 15.3. The van der Waals surface area contributed by atoms with Crippen LogP contribution in [-0.4, -0.2) is 27.9 Å². The molecule has 1 saturated heterocycles. The Bertz CT molecular complexity index is 1290. The number of amides is 1. The molecule has 1 heterocycles. The molecule has 8 heteroatoms. The van der Waals surface area contributed by atoms with Gasteiger partial charge in [-0.15, -0.1) is 0 Å². The van der Waals surface area contributed by atoms with E-state index in [1.165, 1.54) is 42.5 Å². The van der Waals surface area contributed by atoms with Crippen molar-refractivity contribution in [1.29, 1.82) is 0 Å². The van der Waals surface area contributed by atoms with Crippen molar-refractivity contribution in [2.45, 2.75) is 6.04 Å². The largest absolute Gasteiger partial charge is 0.507 e. The summed E-state index contributed by atoms with van der Waals surface area (Å²) in [5.74, 6) is -4.36. The fourth-order valence-electron chi connectivity index (χ4n) is 3.64. The van der Waals surface area contributed by atoms with E-state index >= 15 is 0 Å². The maximum Gasteiger partial charge on any atom is 0.335 e. The summed E-state index contributed by atoms with van der Waals surface area (Å²) in [6.07, 6.45) is 0. The molecule has 3 aromatic rings. The average Bonchev–Trinajstić information content (AvgIpc) is 3.04. The summed E-state index contributed by atoms with van der Waals surface area (Å²) in [6, 6.07) is 16.2. The van der Waals surface area contributed by atoms with Crippen molar-refractivity contribution >= 4 is 45.0 Å². The Morgan fingerprint density at radius 3 is 2.25 bits per heavy atom. The van der Waals surface area contributed by atoms with Gasteiger partial charge in [0, 0.05) is 21.3 Å². The van der Waals surface area contributed by atoms with Gasteiger partial charge in [-0.3, -0.25) is 14.5 Å². The number of nitrogens with zero attached hydrogens (tertiary/aromatic N) is 1. The lowest BCUT2D eigenvalue weighted by Gasteiger charge is -2.26. The molecule has 1 fully saturated rings. The van der Waals surface area contributed by atoms with Crippen LogP contribution in [0.1, 0.15) is 27.5 Å². The highest BCUT2D eigenvalue weighted by atomic mass is 79.9.